The Bertz CT molecular complexity index is 167. The molecule has 0 N–H and O–H groups in total. The Hall–Kier alpha value is -0.660. The molecule has 0 radical (unpaired) electrons. The molecule has 2 nitrogen and oxygen atoms in total. The van der Waals surface area contributed by atoms with Crippen molar-refractivity contribution in [2.45, 2.75) is 52.9 Å². The lowest BCUT2D eigenvalue weighted by atomic mass is 9.77. The predicted octanol–water partition coefficient (Wildman–Crippen LogP) is 2.75. The lowest BCUT2D eigenvalue weighted by molar-refractivity contribution is -0.126. The fraction of sp³-hybridized carbons (Fsp3) is 0.818. The van der Waals surface area contributed by atoms with Crippen molar-refractivity contribution in [1.29, 1.82) is 0 Å². The first kappa shape index (κ1) is 12.3. The lowest BCUT2D eigenvalue weighted by Crippen LogP contribution is -2.25. The summed E-state index contributed by atoms with van der Waals surface area (Å²) in [5.41, 5.74) is -0.366. The van der Waals surface area contributed by atoms with Crippen molar-refractivity contribution in [3.8, 4) is 0 Å². The zero-order valence-electron chi connectivity index (χ0n) is 8.93. The summed E-state index contributed by atoms with van der Waals surface area (Å²) in [6, 6.07) is 0. The van der Waals surface area contributed by atoms with Crippen LogP contribution in [0.4, 0.5) is 0 Å². The second kappa shape index (κ2) is 5.90. The highest BCUT2D eigenvalue weighted by atomic mass is 16.1. The molecule has 0 fully saturated rings. The van der Waals surface area contributed by atoms with Crippen LogP contribution in [-0.4, -0.2) is 12.1 Å². The van der Waals surface area contributed by atoms with Crippen molar-refractivity contribution in [1.82, 2.24) is 0 Å². The molecule has 0 saturated carbocycles. The summed E-state index contributed by atoms with van der Waals surface area (Å²) in [6.45, 7) is 5.66. The van der Waals surface area contributed by atoms with Crippen molar-refractivity contribution in [3.05, 3.63) is 0 Å². The van der Waals surface area contributed by atoms with Crippen molar-refractivity contribution in [3.63, 3.8) is 0 Å². The van der Waals surface area contributed by atoms with Gasteiger partial charge in [0.2, 0.25) is 0 Å². The van der Waals surface area contributed by atoms with Gasteiger partial charge in [-0.15, -0.1) is 0 Å². The van der Waals surface area contributed by atoms with E-state index in [0.717, 1.165) is 32.0 Å². The molecule has 0 aliphatic heterocycles. The highest BCUT2D eigenvalue weighted by Crippen LogP contribution is 2.31. The first-order chi connectivity index (χ1) is 6.10. The number of hydrogen-bond acceptors (Lipinski definition) is 2. The molecule has 0 rings (SSSR count). The Morgan fingerprint density at radius 2 is 1.69 bits per heavy atom. The van der Waals surface area contributed by atoms with Gasteiger partial charge in [0.15, 0.2) is 0 Å². The zero-order chi connectivity index (χ0) is 10.3. The molecule has 0 heterocycles. The maximum Gasteiger partial charge on any atom is 0.130 e. The van der Waals surface area contributed by atoms with Crippen LogP contribution in [-0.2, 0) is 9.59 Å². The van der Waals surface area contributed by atoms with Gasteiger partial charge >= 0.3 is 0 Å². The van der Waals surface area contributed by atoms with Gasteiger partial charge in [-0.1, -0.05) is 26.7 Å². The molecule has 0 aromatic heterocycles. The summed E-state index contributed by atoms with van der Waals surface area (Å²) in [7, 11) is 0. The normalized spacial score (nSPS) is 11.3. The minimum absolute atomic E-state index is 0.119. The van der Waals surface area contributed by atoms with Gasteiger partial charge in [-0.2, -0.15) is 0 Å². The number of aldehydes is 1. The van der Waals surface area contributed by atoms with E-state index in [2.05, 4.69) is 0 Å². The minimum atomic E-state index is -0.366. The summed E-state index contributed by atoms with van der Waals surface area (Å²) in [6.07, 6.45) is 5.01. The molecular formula is C11H20O2. The van der Waals surface area contributed by atoms with Crippen LogP contribution in [0.5, 0.6) is 0 Å². The number of rotatable bonds is 7. The van der Waals surface area contributed by atoms with E-state index in [-0.39, 0.29) is 11.2 Å². The van der Waals surface area contributed by atoms with E-state index in [1.807, 2.05) is 13.8 Å². The number of carbonyl (C=O) groups is 2. The van der Waals surface area contributed by atoms with Crippen molar-refractivity contribution >= 4 is 12.1 Å². The Labute approximate surface area is 80.7 Å². The maximum atomic E-state index is 11.0. The van der Waals surface area contributed by atoms with Crippen LogP contribution >= 0.6 is 0 Å². The van der Waals surface area contributed by atoms with E-state index >= 15 is 0 Å². The highest BCUT2D eigenvalue weighted by Gasteiger charge is 2.29. The van der Waals surface area contributed by atoms with Crippen molar-refractivity contribution in [2.75, 3.05) is 0 Å². The van der Waals surface area contributed by atoms with E-state index in [4.69, 9.17) is 0 Å². The monoisotopic (exact) mass is 184 g/mol. The number of carbonyl (C=O) groups excluding carboxylic acids is 2. The first-order valence-corrected chi connectivity index (χ1v) is 5.06. The fourth-order valence-corrected chi connectivity index (χ4v) is 1.95. The van der Waals surface area contributed by atoms with Crippen molar-refractivity contribution < 1.29 is 9.59 Å². The smallest absolute Gasteiger partial charge is 0.130 e. The Balaban J connectivity index is 4.42. The van der Waals surface area contributed by atoms with Crippen LogP contribution in [0.2, 0.25) is 0 Å². The Morgan fingerprint density at radius 3 is 1.92 bits per heavy atom. The molecule has 0 aromatic carbocycles. The number of Topliss-reactive ketones (excluding diaryl/α,β-unsaturated/α-hetero) is 1. The average Bonchev–Trinajstić information content (AvgIpc) is 2.04. The van der Waals surface area contributed by atoms with Gasteiger partial charge in [-0.3, -0.25) is 4.79 Å². The van der Waals surface area contributed by atoms with Gasteiger partial charge in [-0.05, 0) is 19.8 Å². The Morgan fingerprint density at radius 1 is 1.23 bits per heavy atom. The lowest BCUT2D eigenvalue weighted by Gasteiger charge is -2.25. The highest BCUT2D eigenvalue weighted by molar-refractivity contribution is 5.80. The predicted molar refractivity (Wildman–Crippen MR) is 53.6 cm³/mol. The minimum Gasteiger partial charge on any atom is -0.303 e. The molecule has 0 amide bonds. The van der Waals surface area contributed by atoms with E-state index < -0.39 is 0 Å². The maximum absolute atomic E-state index is 11.0. The van der Waals surface area contributed by atoms with Crippen LogP contribution < -0.4 is 0 Å². The molecule has 0 bridgehead atoms. The van der Waals surface area contributed by atoms with Gasteiger partial charge in [0, 0.05) is 11.8 Å². The van der Waals surface area contributed by atoms with Gasteiger partial charge in [0.05, 0.1) is 0 Å². The molecule has 0 unspecified atom stereocenters. The quantitative estimate of drug-likeness (QED) is 0.570. The van der Waals surface area contributed by atoms with Crippen LogP contribution in [0, 0.1) is 5.41 Å². The molecule has 76 valence electrons. The van der Waals surface area contributed by atoms with Gasteiger partial charge in [-0.25, -0.2) is 0 Å². The third-order valence-electron chi connectivity index (χ3n) is 2.35. The number of ketones is 1. The van der Waals surface area contributed by atoms with Crippen LogP contribution in [0.3, 0.4) is 0 Å². The summed E-state index contributed by atoms with van der Waals surface area (Å²) >= 11 is 0. The van der Waals surface area contributed by atoms with E-state index in [1.54, 1.807) is 6.92 Å². The summed E-state index contributed by atoms with van der Waals surface area (Å²) in [4.78, 5) is 22.0. The molecule has 0 spiro atoms. The second-order valence-corrected chi connectivity index (χ2v) is 3.86. The third-order valence-corrected chi connectivity index (χ3v) is 2.35. The van der Waals surface area contributed by atoms with Crippen LogP contribution in [0.25, 0.3) is 0 Å². The van der Waals surface area contributed by atoms with Gasteiger partial charge in [0.1, 0.15) is 12.1 Å². The molecule has 0 aliphatic carbocycles. The van der Waals surface area contributed by atoms with Gasteiger partial charge < -0.3 is 4.79 Å². The summed E-state index contributed by atoms with van der Waals surface area (Å²) in [5.74, 6) is 0.119. The summed E-state index contributed by atoms with van der Waals surface area (Å²) < 4.78 is 0. The molecule has 0 aromatic rings. The molecule has 2 heteroatoms. The number of hydrogen-bond donors (Lipinski definition) is 0. The largest absolute Gasteiger partial charge is 0.303 e. The van der Waals surface area contributed by atoms with Crippen LogP contribution in [0.15, 0.2) is 0 Å². The van der Waals surface area contributed by atoms with E-state index in [1.165, 1.54) is 0 Å². The molecule has 13 heavy (non-hydrogen) atoms. The fourth-order valence-electron chi connectivity index (χ4n) is 1.95. The molecule has 0 saturated heterocycles. The summed E-state index contributed by atoms with van der Waals surface area (Å²) in [5, 5.41) is 0. The molecular weight excluding hydrogens is 164 g/mol. The topological polar surface area (TPSA) is 34.1 Å². The molecule has 0 atom stereocenters. The average molecular weight is 184 g/mol. The van der Waals surface area contributed by atoms with E-state index in [9.17, 15) is 9.59 Å². The van der Waals surface area contributed by atoms with Crippen LogP contribution in [0.1, 0.15) is 52.9 Å². The molecule has 0 aliphatic rings. The second-order valence-electron chi connectivity index (χ2n) is 3.86. The Kier molecular flexibility index (Phi) is 5.60. The third kappa shape index (κ3) is 4.20. The van der Waals surface area contributed by atoms with Crippen molar-refractivity contribution in [2.24, 2.45) is 5.41 Å². The first-order valence-electron chi connectivity index (χ1n) is 5.06. The van der Waals surface area contributed by atoms with Gasteiger partial charge in [0.25, 0.3) is 0 Å². The zero-order valence-corrected chi connectivity index (χ0v) is 8.93. The SMILES string of the molecule is CCCC(C=O)(CCC)CC(C)=O. The van der Waals surface area contributed by atoms with E-state index in [0.29, 0.717) is 6.42 Å². The standard InChI is InChI=1S/C11H20O2/c1-4-6-11(9-12,7-5-2)8-10(3)13/h9H,4-8H2,1-3H3.